The molecule has 0 saturated heterocycles. The van der Waals surface area contributed by atoms with Crippen LogP contribution in [0.3, 0.4) is 0 Å². The Hall–Kier alpha value is -1.40. The van der Waals surface area contributed by atoms with Gasteiger partial charge in [-0.25, -0.2) is 9.82 Å². The Balaban J connectivity index is 2.09. The summed E-state index contributed by atoms with van der Waals surface area (Å²) in [5.41, 5.74) is 4.07. The highest BCUT2D eigenvalue weighted by Crippen LogP contribution is 2.32. The van der Waals surface area contributed by atoms with E-state index in [0.29, 0.717) is 20.8 Å². The number of halogens is 3. The number of para-hydroxylation sites is 1. The summed E-state index contributed by atoms with van der Waals surface area (Å²) in [4.78, 5) is 0. The lowest BCUT2D eigenvalue weighted by atomic mass is 10.0. The zero-order valence-corrected chi connectivity index (χ0v) is 13.1. The van der Waals surface area contributed by atoms with Gasteiger partial charge in [-0.3, -0.25) is 5.84 Å². The number of benzene rings is 2. The quantitative estimate of drug-likeness (QED) is 0.526. The summed E-state index contributed by atoms with van der Waals surface area (Å²) in [5, 5.41) is 1.42. The first-order valence-corrected chi connectivity index (χ1v) is 7.36. The van der Waals surface area contributed by atoms with Gasteiger partial charge in [-0.1, -0.05) is 29.8 Å². The van der Waals surface area contributed by atoms with Crippen molar-refractivity contribution in [3.8, 4) is 0 Å². The van der Waals surface area contributed by atoms with Crippen molar-refractivity contribution in [2.75, 3.05) is 0 Å². The number of fused-ring (bicyclic) bond motifs is 1. The van der Waals surface area contributed by atoms with Gasteiger partial charge in [0, 0.05) is 5.39 Å². The second-order valence-electron chi connectivity index (χ2n) is 4.58. The molecular formula is C15H11BrClFN2O. The number of nitrogens with one attached hydrogen (secondary N) is 1. The molecular weight excluding hydrogens is 359 g/mol. The van der Waals surface area contributed by atoms with E-state index in [9.17, 15) is 4.39 Å². The fraction of sp³-hybridized carbons (Fsp3) is 0.0667. The van der Waals surface area contributed by atoms with E-state index in [2.05, 4.69) is 21.4 Å². The van der Waals surface area contributed by atoms with E-state index in [4.69, 9.17) is 21.9 Å². The van der Waals surface area contributed by atoms with Gasteiger partial charge in [-0.15, -0.1) is 0 Å². The van der Waals surface area contributed by atoms with Gasteiger partial charge in [0.05, 0.1) is 9.50 Å². The van der Waals surface area contributed by atoms with E-state index in [0.717, 1.165) is 10.9 Å². The molecule has 3 rings (SSSR count). The van der Waals surface area contributed by atoms with Crippen LogP contribution in [0.5, 0.6) is 0 Å². The van der Waals surface area contributed by atoms with Crippen LogP contribution in [0.15, 0.2) is 51.4 Å². The normalized spacial score (nSPS) is 12.8. The molecule has 0 spiro atoms. The van der Waals surface area contributed by atoms with Crippen LogP contribution in [0.2, 0.25) is 5.02 Å². The number of hydrogen-bond donors (Lipinski definition) is 2. The van der Waals surface area contributed by atoms with Crippen molar-refractivity contribution in [3.63, 3.8) is 0 Å². The zero-order chi connectivity index (χ0) is 15.0. The van der Waals surface area contributed by atoms with Gasteiger partial charge >= 0.3 is 0 Å². The van der Waals surface area contributed by atoms with Crippen LogP contribution >= 0.6 is 27.5 Å². The molecule has 0 aliphatic carbocycles. The maximum absolute atomic E-state index is 13.3. The van der Waals surface area contributed by atoms with Gasteiger partial charge < -0.3 is 4.42 Å². The molecule has 0 aliphatic rings. The number of hydrazine groups is 1. The number of rotatable bonds is 3. The van der Waals surface area contributed by atoms with Crippen LogP contribution in [0.25, 0.3) is 11.0 Å². The SMILES string of the molecule is NNC(c1ccc(F)c(Br)c1)c1cc2cccc(Cl)c2o1. The molecule has 0 amide bonds. The average Bonchev–Trinajstić information content (AvgIpc) is 2.89. The minimum Gasteiger partial charge on any atom is -0.457 e. The Morgan fingerprint density at radius 1 is 1.24 bits per heavy atom. The lowest BCUT2D eigenvalue weighted by molar-refractivity contribution is 0.476. The van der Waals surface area contributed by atoms with E-state index in [1.807, 2.05) is 18.2 Å². The van der Waals surface area contributed by atoms with Crippen LogP contribution in [0.1, 0.15) is 17.4 Å². The minimum absolute atomic E-state index is 0.331. The predicted molar refractivity (Wildman–Crippen MR) is 84.5 cm³/mol. The summed E-state index contributed by atoms with van der Waals surface area (Å²) in [6, 6.07) is 11.7. The molecule has 6 heteroatoms. The monoisotopic (exact) mass is 368 g/mol. The Morgan fingerprint density at radius 2 is 2.05 bits per heavy atom. The number of nitrogens with two attached hydrogens (primary N) is 1. The third-order valence-corrected chi connectivity index (χ3v) is 4.15. The smallest absolute Gasteiger partial charge is 0.152 e. The molecule has 0 fully saturated rings. The highest BCUT2D eigenvalue weighted by molar-refractivity contribution is 9.10. The maximum Gasteiger partial charge on any atom is 0.152 e. The van der Waals surface area contributed by atoms with Gasteiger partial charge in [0.2, 0.25) is 0 Å². The Bertz CT molecular complexity index is 805. The fourth-order valence-corrected chi connectivity index (χ4v) is 2.84. The molecule has 108 valence electrons. The lowest BCUT2D eigenvalue weighted by Gasteiger charge is -2.14. The van der Waals surface area contributed by atoms with Crippen molar-refractivity contribution in [3.05, 3.63) is 69.1 Å². The molecule has 0 radical (unpaired) electrons. The molecule has 3 nitrogen and oxygen atoms in total. The summed E-state index contributed by atoms with van der Waals surface area (Å²) in [6.07, 6.45) is 0. The van der Waals surface area contributed by atoms with Gasteiger partial charge in [0.1, 0.15) is 17.6 Å². The van der Waals surface area contributed by atoms with Crippen LogP contribution in [0, 0.1) is 5.82 Å². The highest BCUT2D eigenvalue weighted by Gasteiger charge is 2.19. The van der Waals surface area contributed by atoms with Crippen LogP contribution in [-0.4, -0.2) is 0 Å². The van der Waals surface area contributed by atoms with E-state index in [1.54, 1.807) is 18.2 Å². The zero-order valence-electron chi connectivity index (χ0n) is 10.7. The van der Waals surface area contributed by atoms with Crippen molar-refractivity contribution in [1.29, 1.82) is 0 Å². The molecule has 2 aromatic carbocycles. The first-order valence-electron chi connectivity index (χ1n) is 6.19. The van der Waals surface area contributed by atoms with Gasteiger partial charge in [0.25, 0.3) is 0 Å². The largest absolute Gasteiger partial charge is 0.457 e. The first kappa shape index (κ1) is 14.5. The Morgan fingerprint density at radius 3 is 2.71 bits per heavy atom. The van der Waals surface area contributed by atoms with Crippen LogP contribution < -0.4 is 11.3 Å². The fourth-order valence-electron chi connectivity index (χ4n) is 2.22. The lowest BCUT2D eigenvalue weighted by Crippen LogP contribution is -2.28. The van der Waals surface area contributed by atoms with E-state index < -0.39 is 6.04 Å². The van der Waals surface area contributed by atoms with Crippen molar-refractivity contribution >= 4 is 38.5 Å². The molecule has 3 N–H and O–H groups in total. The molecule has 1 unspecified atom stereocenters. The Labute approximate surface area is 134 Å². The van der Waals surface area contributed by atoms with E-state index in [-0.39, 0.29) is 5.82 Å². The molecule has 1 aromatic heterocycles. The topological polar surface area (TPSA) is 51.2 Å². The summed E-state index contributed by atoms with van der Waals surface area (Å²) < 4.78 is 19.5. The average molecular weight is 370 g/mol. The standard InChI is InChI=1S/C15H11BrClFN2O/c16-10-6-8(4-5-12(10)18)14(20-19)13-7-9-2-1-3-11(17)15(9)21-13/h1-7,14,20H,19H2. The first-order chi connectivity index (χ1) is 10.1. The van der Waals surface area contributed by atoms with E-state index in [1.165, 1.54) is 6.07 Å². The molecule has 0 aliphatic heterocycles. The molecule has 21 heavy (non-hydrogen) atoms. The minimum atomic E-state index is -0.398. The van der Waals surface area contributed by atoms with Gasteiger partial charge in [-0.05, 0) is 45.8 Å². The van der Waals surface area contributed by atoms with Crippen molar-refractivity contribution in [1.82, 2.24) is 5.43 Å². The van der Waals surface area contributed by atoms with Crippen molar-refractivity contribution in [2.24, 2.45) is 5.84 Å². The Kier molecular flexibility index (Phi) is 3.99. The molecule has 0 bridgehead atoms. The van der Waals surface area contributed by atoms with Gasteiger partial charge in [-0.2, -0.15) is 0 Å². The highest BCUT2D eigenvalue weighted by atomic mass is 79.9. The van der Waals surface area contributed by atoms with Crippen LogP contribution in [0.4, 0.5) is 4.39 Å². The van der Waals surface area contributed by atoms with Crippen LogP contribution in [-0.2, 0) is 0 Å². The third kappa shape index (κ3) is 2.70. The summed E-state index contributed by atoms with van der Waals surface area (Å²) >= 11 is 9.27. The predicted octanol–water partition coefficient (Wildman–Crippen LogP) is 4.54. The second-order valence-corrected chi connectivity index (χ2v) is 5.84. The third-order valence-electron chi connectivity index (χ3n) is 3.24. The van der Waals surface area contributed by atoms with Gasteiger partial charge in [0.15, 0.2) is 5.58 Å². The molecule has 1 heterocycles. The summed E-state index contributed by atoms with van der Waals surface area (Å²) in [5.74, 6) is 5.91. The molecule has 1 atom stereocenters. The molecule has 3 aromatic rings. The second kappa shape index (κ2) is 5.77. The van der Waals surface area contributed by atoms with Crippen molar-refractivity contribution < 1.29 is 8.81 Å². The summed E-state index contributed by atoms with van der Waals surface area (Å²) in [6.45, 7) is 0. The summed E-state index contributed by atoms with van der Waals surface area (Å²) in [7, 11) is 0. The molecule has 0 saturated carbocycles. The number of hydrogen-bond acceptors (Lipinski definition) is 3. The number of furan rings is 1. The maximum atomic E-state index is 13.3. The van der Waals surface area contributed by atoms with E-state index >= 15 is 0 Å². The van der Waals surface area contributed by atoms with Crippen molar-refractivity contribution in [2.45, 2.75) is 6.04 Å².